The van der Waals surface area contributed by atoms with Crippen LogP contribution in [0.3, 0.4) is 0 Å². The fraction of sp³-hybridized carbons (Fsp3) is 0.125. The molecule has 3 nitrogen and oxygen atoms in total. The molecule has 1 aromatic carbocycles. The van der Waals surface area contributed by atoms with Gasteiger partial charge in [0.1, 0.15) is 11.6 Å². The van der Waals surface area contributed by atoms with E-state index in [9.17, 15) is 9.18 Å². The summed E-state index contributed by atoms with van der Waals surface area (Å²) in [5.74, 6) is -1.64. The van der Waals surface area contributed by atoms with Gasteiger partial charge in [0.25, 0.3) is 0 Å². The van der Waals surface area contributed by atoms with E-state index in [-0.39, 0.29) is 11.3 Å². The average molecular weight is 170 g/mol. The predicted molar refractivity (Wildman–Crippen MR) is 39.4 cm³/mol. The Balaban J connectivity index is 3.08. The van der Waals surface area contributed by atoms with Gasteiger partial charge in [-0.05, 0) is 12.1 Å². The molecule has 0 atom stereocenters. The molecule has 0 saturated carbocycles. The van der Waals surface area contributed by atoms with Crippen molar-refractivity contribution in [2.75, 3.05) is 7.11 Å². The Hall–Kier alpha value is -1.58. The molecule has 0 spiro atoms. The molecule has 0 aliphatic carbocycles. The van der Waals surface area contributed by atoms with E-state index < -0.39 is 11.8 Å². The second-order valence-corrected chi connectivity index (χ2v) is 2.19. The van der Waals surface area contributed by atoms with Crippen molar-refractivity contribution in [1.29, 1.82) is 0 Å². The van der Waals surface area contributed by atoms with Crippen LogP contribution in [-0.4, -0.2) is 18.2 Å². The molecule has 1 aromatic rings. The number of carbonyl (C=O) groups excluding carboxylic acids is 1. The highest BCUT2D eigenvalue weighted by Crippen LogP contribution is 2.14. The summed E-state index contributed by atoms with van der Waals surface area (Å²) >= 11 is 0. The topological polar surface area (TPSA) is 46.5 Å². The summed E-state index contributed by atoms with van der Waals surface area (Å²) < 4.78 is 16.9. The van der Waals surface area contributed by atoms with Crippen molar-refractivity contribution >= 4 is 5.97 Å². The third-order valence-electron chi connectivity index (χ3n) is 1.30. The van der Waals surface area contributed by atoms with E-state index in [1.165, 1.54) is 7.11 Å². The Labute approximate surface area is 68.4 Å². The number of esters is 1. The lowest BCUT2D eigenvalue weighted by Gasteiger charge is -1.99. The zero-order chi connectivity index (χ0) is 9.14. The number of phenolic OH excluding ortho intramolecular Hbond substituents is 1. The van der Waals surface area contributed by atoms with Crippen LogP contribution in [0.25, 0.3) is 0 Å². The van der Waals surface area contributed by atoms with Gasteiger partial charge in [-0.15, -0.1) is 0 Å². The maximum Gasteiger partial charge on any atom is 0.338 e. The molecule has 0 bridgehead atoms. The van der Waals surface area contributed by atoms with Crippen LogP contribution < -0.4 is 0 Å². The lowest BCUT2D eigenvalue weighted by Crippen LogP contribution is -2.01. The molecule has 0 aliphatic rings. The van der Waals surface area contributed by atoms with Gasteiger partial charge in [0, 0.05) is 6.07 Å². The zero-order valence-corrected chi connectivity index (χ0v) is 6.37. The van der Waals surface area contributed by atoms with E-state index in [1.54, 1.807) is 0 Å². The zero-order valence-electron chi connectivity index (χ0n) is 6.37. The molecule has 1 N–H and O–H groups in total. The Morgan fingerprint density at radius 3 is 2.67 bits per heavy atom. The first-order valence-electron chi connectivity index (χ1n) is 3.21. The van der Waals surface area contributed by atoms with Gasteiger partial charge in [0.2, 0.25) is 0 Å². The van der Waals surface area contributed by atoms with Crippen LogP contribution in [0, 0.1) is 5.82 Å². The number of benzene rings is 1. The van der Waals surface area contributed by atoms with E-state index in [4.69, 9.17) is 5.11 Å². The minimum atomic E-state index is -0.676. The Bertz CT molecular complexity index is 289. The Kier molecular flexibility index (Phi) is 2.28. The van der Waals surface area contributed by atoms with Gasteiger partial charge in [0.15, 0.2) is 0 Å². The minimum absolute atomic E-state index is 0.00463. The average Bonchev–Trinajstić information content (AvgIpc) is 2.01. The number of rotatable bonds is 1. The van der Waals surface area contributed by atoms with Gasteiger partial charge < -0.3 is 9.84 Å². The van der Waals surface area contributed by atoms with Gasteiger partial charge in [-0.25, -0.2) is 9.18 Å². The van der Waals surface area contributed by atoms with Crippen molar-refractivity contribution in [3.8, 4) is 5.75 Å². The van der Waals surface area contributed by atoms with Crippen LogP contribution >= 0.6 is 0 Å². The van der Waals surface area contributed by atoms with Crippen molar-refractivity contribution in [1.82, 2.24) is 0 Å². The SMILES string of the molecule is COC(=O)c1cc(O)cc(F)c1. The molecular weight excluding hydrogens is 163 g/mol. The molecular formula is C8H7FO3. The highest BCUT2D eigenvalue weighted by Gasteiger charge is 2.07. The van der Waals surface area contributed by atoms with Gasteiger partial charge in [0.05, 0.1) is 12.7 Å². The number of hydrogen-bond donors (Lipinski definition) is 1. The number of phenols is 1. The predicted octanol–water partition coefficient (Wildman–Crippen LogP) is 1.32. The third-order valence-corrected chi connectivity index (χ3v) is 1.30. The summed E-state index contributed by atoms with van der Waals surface area (Å²) in [4.78, 5) is 10.8. The van der Waals surface area contributed by atoms with Crippen LogP contribution in [0.2, 0.25) is 0 Å². The van der Waals surface area contributed by atoms with Gasteiger partial charge in [-0.2, -0.15) is 0 Å². The standard InChI is InChI=1S/C8H7FO3/c1-12-8(11)5-2-6(9)4-7(10)3-5/h2-4,10H,1H3. The molecule has 4 heteroatoms. The molecule has 0 fully saturated rings. The Morgan fingerprint density at radius 1 is 1.50 bits per heavy atom. The summed E-state index contributed by atoms with van der Waals surface area (Å²) in [6.45, 7) is 0. The van der Waals surface area contributed by atoms with E-state index in [2.05, 4.69) is 4.74 Å². The number of halogens is 1. The fourth-order valence-corrected chi connectivity index (χ4v) is 0.810. The third kappa shape index (κ3) is 1.72. The molecule has 0 aromatic heterocycles. The monoisotopic (exact) mass is 170 g/mol. The van der Waals surface area contributed by atoms with Crippen molar-refractivity contribution < 1.29 is 19.0 Å². The first-order chi connectivity index (χ1) is 5.63. The van der Waals surface area contributed by atoms with Crippen LogP contribution in [-0.2, 0) is 4.74 Å². The molecule has 0 radical (unpaired) electrons. The maximum absolute atomic E-state index is 12.6. The molecule has 12 heavy (non-hydrogen) atoms. The first-order valence-corrected chi connectivity index (χ1v) is 3.21. The van der Waals surface area contributed by atoms with Gasteiger partial charge >= 0.3 is 5.97 Å². The summed E-state index contributed by atoms with van der Waals surface area (Å²) in [6, 6.07) is 3.03. The number of hydrogen-bond acceptors (Lipinski definition) is 3. The van der Waals surface area contributed by atoms with Crippen molar-refractivity contribution in [2.24, 2.45) is 0 Å². The van der Waals surface area contributed by atoms with E-state index in [1.807, 2.05) is 0 Å². The smallest absolute Gasteiger partial charge is 0.338 e. The number of carbonyl (C=O) groups is 1. The second kappa shape index (κ2) is 3.21. The summed E-state index contributed by atoms with van der Waals surface area (Å²) in [5, 5.41) is 8.89. The van der Waals surface area contributed by atoms with Crippen LogP contribution in [0.15, 0.2) is 18.2 Å². The molecule has 64 valence electrons. The summed E-state index contributed by atoms with van der Waals surface area (Å²) in [7, 11) is 1.18. The number of aromatic hydroxyl groups is 1. The first kappa shape index (κ1) is 8.52. The Morgan fingerprint density at radius 2 is 2.17 bits per heavy atom. The molecule has 0 aliphatic heterocycles. The van der Waals surface area contributed by atoms with E-state index in [0.29, 0.717) is 0 Å². The highest BCUT2D eigenvalue weighted by atomic mass is 19.1. The van der Waals surface area contributed by atoms with Gasteiger partial charge in [-0.1, -0.05) is 0 Å². The van der Waals surface area contributed by atoms with E-state index >= 15 is 0 Å². The largest absolute Gasteiger partial charge is 0.508 e. The quantitative estimate of drug-likeness (QED) is 0.646. The van der Waals surface area contributed by atoms with Crippen molar-refractivity contribution in [2.45, 2.75) is 0 Å². The molecule has 0 unspecified atom stereocenters. The second-order valence-electron chi connectivity index (χ2n) is 2.19. The van der Waals surface area contributed by atoms with Gasteiger partial charge in [-0.3, -0.25) is 0 Å². The molecule has 0 amide bonds. The normalized spacial score (nSPS) is 9.50. The van der Waals surface area contributed by atoms with E-state index in [0.717, 1.165) is 18.2 Å². The lowest BCUT2D eigenvalue weighted by atomic mass is 10.2. The number of ether oxygens (including phenoxy) is 1. The summed E-state index contributed by atoms with van der Waals surface area (Å²) in [6.07, 6.45) is 0. The van der Waals surface area contributed by atoms with Crippen LogP contribution in [0.4, 0.5) is 4.39 Å². The van der Waals surface area contributed by atoms with Crippen molar-refractivity contribution in [3.63, 3.8) is 0 Å². The summed E-state index contributed by atoms with van der Waals surface area (Å²) in [5.41, 5.74) is -0.00463. The molecule has 1 rings (SSSR count). The lowest BCUT2D eigenvalue weighted by molar-refractivity contribution is 0.0599. The maximum atomic E-state index is 12.6. The minimum Gasteiger partial charge on any atom is -0.508 e. The van der Waals surface area contributed by atoms with Crippen molar-refractivity contribution in [3.05, 3.63) is 29.6 Å². The molecule has 0 heterocycles. The molecule has 0 saturated heterocycles. The fourth-order valence-electron chi connectivity index (χ4n) is 0.810. The van der Waals surface area contributed by atoms with Crippen LogP contribution in [0.1, 0.15) is 10.4 Å². The number of methoxy groups -OCH3 is 1. The highest BCUT2D eigenvalue weighted by molar-refractivity contribution is 5.89. The van der Waals surface area contributed by atoms with Crippen LogP contribution in [0.5, 0.6) is 5.75 Å².